The van der Waals surface area contributed by atoms with Crippen molar-refractivity contribution in [2.24, 2.45) is 5.16 Å². The average molecular weight is 408 g/mol. The molecule has 154 valence electrons. The molecule has 0 N–H and O–H groups in total. The van der Waals surface area contributed by atoms with Crippen LogP contribution in [0, 0.1) is 11.3 Å². The molecule has 0 amide bonds. The van der Waals surface area contributed by atoms with Gasteiger partial charge in [-0.1, -0.05) is 41.6 Å². The molecule has 2 aromatic carbocycles. The number of esters is 1. The van der Waals surface area contributed by atoms with E-state index in [0.29, 0.717) is 22.4 Å². The molecule has 8 heteroatoms. The van der Waals surface area contributed by atoms with E-state index in [9.17, 15) is 14.9 Å². The SMILES string of the molecule is COC=C(C(=O)OC)c1ccccc1C(COc1ccccc1C#N)=NOC(C)=O. The zero-order chi connectivity index (χ0) is 21.9. The summed E-state index contributed by atoms with van der Waals surface area (Å²) in [6.45, 7) is 1.08. The second-order valence-corrected chi connectivity index (χ2v) is 5.82. The molecule has 0 heterocycles. The fraction of sp³-hybridized carbons (Fsp3) is 0.182. The van der Waals surface area contributed by atoms with Gasteiger partial charge in [0.05, 0.1) is 26.0 Å². The van der Waals surface area contributed by atoms with E-state index < -0.39 is 11.9 Å². The molecular weight excluding hydrogens is 388 g/mol. The number of nitriles is 1. The Hall–Kier alpha value is -4.12. The largest absolute Gasteiger partial charge is 0.503 e. The summed E-state index contributed by atoms with van der Waals surface area (Å²) in [5, 5.41) is 13.1. The first-order valence-electron chi connectivity index (χ1n) is 8.79. The molecule has 0 fully saturated rings. The molecule has 0 aromatic heterocycles. The lowest BCUT2D eigenvalue weighted by atomic mass is 9.97. The number of para-hydroxylation sites is 1. The third kappa shape index (κ3) is 5.69. The van der Waals surface area contributed by atoms with Crippen LogP contribution in [0.25, 0.3) is 5.57 Å². The monoisotopic (exact) mass is 408 g/mol. The maximum absolute atomic E-state index is 12.2. The van der Waals surface area contributed by atoms with Gasteiger partial charge in [-0.15, -0.1) is 0 Å². The van der Waals surface area contributed by atoms with Gasteiger partial charge < -0.3 is 19.0 Å². The second kappa shape index (κ2) is 11.0. The van der Waals surface area contributed by atoms with E-state index in [2.05, 4.69) is 5.16 Å². The third-order valence-electron chi connectivity index (χ3n) is 3.83. The second-order valence-electron chi connectivity index (χ2n) is 5.82. The number of nitrogens with zero attached hydrogens (tertiary/aromatic N) is 2. The van der Waals surface area contributed by atoms with Crippen LogP contribution in [0.5, 0.6) is 5.75 Å². The van der Waals surface area contributed by atoms with Gasteiger partial charge in [0.1, 0.15) is 29.7 Å². The van der Waals surface area contributed by atoms with E-state index >= 15 is 0 Å². The Balaban J connectivity index is 2.49. The Morgan fingerprint density at radius 2 is 1.73 bits per heavy atom. The van der Waals surface area contributed by atoms with E-state index in [1.54, 1.807) is 48.5 Å². The number of carbonyl (C=O) groups is 2. The zero-order valence-corrected chi connectivity index (χ0v) is 16.7. The van der Waals surface area contributed by atoms with E-state index in [1.165, 1.54) is 27.4 Å². The highest BCUT2D eigenvalue weighted by Gasteiger charge is 2.20. The molecule has 0 bridgehead atoms. The molecule has 2 aromatic rings. The predicted molar refractivity (Wildman–Crippen MR) is 108 cm³/mol. The molecule has 0 aliphatic rings. The first-order chi connectivity index (χ1) is 14.5. The first-order valence-corrected chi connectivity index (χ1v) is 8.79. The first kappa shape index (κ1) is 22.2. The minimum atomic E-state index is -0.622. The van der Waals surface area contributed by atoms with Crippen LogP contribution in [0.3, 0.4) is 0 Å². The van der Waals surface area contributed by atoms with E-state index in [1.807, 2.05) is 6.07 Å². The minimum absolute atomic E-state index is 0.135. The lowest BCUT2D eigenvalue weighted by Gasteiger charge is -2.14. The summed E-state index contributed by atoms with van der Waals surface area (Å²) in [6.07, 6.45) is 1.25. The van der Waals surface area contributed by atoms with Crippen LogP contribution in [-0.2, 0) is 23.9 Å². The molecule has 8 nitrogen and oxygen atoms in total. The maximum Gasteiger partial charge on any atom is 0.341 e. The standard InChI is InChI=1S/C22H20N2O6/c1-15(25)30-24-20(14-29-21-11-7-4-8-16(21)12-23)18-10-6-5-9-17(18)19(13-27-2)22(26)28-3/h4-11,13H,14H2,1-3H3. The van der Waals surface area contributed by atoms with Crippen molar-refractivity contribution in [3.8, 4) is 11.8 Å². The van der Waals surface area contributed by atoms with Crippen molar-refractivity contribution in [3.63, 3.8) is 0 Å². The van der Waals surface area contributed by atoms with Gasteiger partial charge in [-0.2, -0.15) is 5.26 Å². The van der Waals surface area contributed by atoms with Gasteiger partial charge in [0.25, 0.3) is 0 Å². The highest BCUT2D eigenvalue weighted by atomic mass is 16.7. The molecule has 0 saturated heterocycles. The summed E-state index contributed by atoms with van der Waals surface area (Å²) in [7, 11) is 2.66. The van der Waals surface area contributed by atoms with Gasteiger partial charge in [-0.3, -0.25) is 0 Å². The van der Waals surface area contributed by atoms with Crippen molar-refractivity contribution < 1.29 is 28.6 Å². The number of hydrogen-bond donors (Lipinski definition) is 0. The summed E-state index contributed by atoms with van der Waals surface area (Å²) in [6, 6.07) is 15.5. The Morgan fingerprint density at radius 3 is 2.37 bits per heavy atom. The molecule has 2 rings (SSSR count). The Morgan fingerprint density at radius 1 is 1.07 bits per heavy atom. The summed E-state index contributed by atoms with van der Waals surface area (Å²) in [4.78, 5) is 28.4. The molecular formula is C22H20N2O6. The number of hydrogen-bond acceptors (Lipinski definition) is 8. The van der Waals surface area contributed by atoms with E-state index in [-0.39, 0.29) is 17.9 Å². The number of rotatable bonds is 8. The van der Waals surface area contributed by atoms with Crippen LogP contribution in [0.2, 0.25) is 0 Å². The zero-order valence-electron chi connectivity index (χ0n) is 16.7. The molecule has 0 aliphatic carbocycles. The number of ether oxygens (including phenoxy) is 3. The van der Waals surface area contributed by atoms with Gasteiger partial charge in [-0.05, 0) is 12.1 Å². The van der Waals surface area contributed by atoms with Crippen molar-refractivity contribution >= 4 is 23.2 Å². The number of methoxy groups -OCH3 is 2. The average Bonchev–Trinajstić information content (AvgIpc) is 2.77. The third-order valence-corrected chi connectivity index (χ3v) is 3.83. The van der Waals surface area contributed by atoms with Crippen molar-refractivity contribution in [3.05, 3.63) is 71.5 Å². The number of carbonyl (C=O) groups excluding carboxylic acids is 2. The summed E-state index contributed by atoms with van der Waals surface area (Å²) in [5.74, 6) is -0.899. The molecule has 0 atom stereocenters. The van der Waals surface area contributed by atoms with E-state index in [0.717, 1.165) is 0 Å². The maximum atomic E-state index is 12.2. The van der Waals surface area contributed by atoms with Crippen LogP contribution in [-0.4, -0.2) is 38.5 Å². The molecule has 0 saturated carbocycles. The van der Waals surface area contributed by atoms with Crippen molar-refractivity contribution in [2.45, 2.75) is 6.92 Å². The number of oxime groups is 1. The molecule has 0 radical (unpaired) electrons. The minimum Gasteiger partial charge on any atom is -0.503 e. The van der Waals surface area contributed by atoms with Crippen LogP contribution in [0.15, 0.2) is 59.9 Å². The normalized spacial score (nSPS) is 11.3. The van der Waals surface area contributed by atoms with Crippen molar-refractivity contribution in [2.75, 3.05) is 20.8 Å². The summed E-state index contributed by atoms with van der Waals surface area (Å²) < 4.78 is 15.6. The lowest BCUT2D eigenvalue weighted by Crippen LogP contribution is -2.18. The Kier molecular flexibility index (Phi) is 8.15. The van der Waals surface area contributed by atoms with Crippen LogP contribution >= 0.6 is 0 Å². The van der Waals surface area contributed by atoms with Crippen molar-refractivity contribution in [1.82, 2.24) is 0 Å². The summed E-state index contributed by atoms with van der Waals surface area (Å²) in [5.41, 5.74) is 1.60. The fourth-order valence-electron chi connectivity index (χ4n) is 2.52. The smallest absolute Gasteiger partial charge is 0.341 e. The molecule has 0 aliphatic heterocycles. The van der Waals surface area contributed by atoms with Crippen LogP contribution < -0.4 is 4.74 Å². The van der Waals surface area contributed by atoms with Crippen LogP contribution in [0.1, 0.15) is 23.6 Å². The Labute approximate surface area is 173 Å². The van der Waals surface area contributed by atoms with Crippen LogP contribution in [0.4, 0.5) is 0 Å². The quantitative estimate of drug-likeness (QED) is 0.165. The van der Waals surface area contributed by atoms with Gasteiger partial charge in [0.15, 0.2) is 0 Å². The lowest BCUT2D eigenvalue weighted by molar-refractivity contribution is -0.141. The van der Waals surface area contributed by atoms with Gasteiger partial charge in [-0.25, -0.2) is 9.59 Å². The highest BCUT2D eigenvalue weighted by Crippen LogP contribution is 2.23. The molecule has 0 spiro atoms. The number of benzene rings is 2. The fourth-order valence-corrected chi connectivity index (χ4v) is 2.52. The van der Waals surface area contributed by atoms with E-state index in [4.69, 9.17) is 19.0 Å². The highest BCUT2D eigenvalue weighted by molar-refractivity contribution is 6.20. The predicted octanol–water partition coefficient (Wildman–Crippen LogP) is 3.06. The molecule has 30 heavy (non-hydrogen) atoms. The van der Waals surface area contributed by atoms with Crippen molar-refractivity contribution in [1.29, 1.82) is 5.26 Å². The topological polar surface area (TPSA) is 107 Å². The Bertz CT molecular complexity index is 1020. The summed E-state index contributed by atoms with van der Waals surface area (Å²) >= 11 is 0. The van der Waals surface area contributed by atoms with Gasteiger partial charge in [0, 0.05) is 18.1 Å². The van der Waals surface area contributed by atoms with Gasteiger partial charge in [0.2, 0.25) is 0 Å². The van der Waals surface area contributed by atoms with Gasteiger partial charge >= 0.3 is 11.9 Å². The molecule has 0 unspecified atom stereocenters.